The Labute approximate surface area is 180 Å². The normalized spacial score (nSPS) is 13.9. The van der Waals surface area contributed by atoms with Gasteiger partial charge in [-0.3, -0.25) is 4.79 Å². The molecular weight excluding hydrogens is 394 g/mol. The molecule has 0 aliphatic heterocycles. The topological polar surface area (TPSA) is 85.8 Å². The number of nitrogens with one attached hydrogen (secondary N) is 1. The van der Waals surface area contributed by atoms with Crippen LogP contribution in [-0.4, -0.2) is 33.1 Å². The van der Waals surface area contributed by atoms with Gasteiger partial charge < -0.3 is 11.2 Å². The van der Waals surface area contributed by atoms with E-state index in [0.717, 1.165) is 12.0 Å². The first-order chi connectivity index (χ1) is 14.7. The number of nitrogens with zero attached hydrogens (tertiary/aromatic N) is 3. The number of nitrogens with two attached hydrogens (primary N) is 1. The fourth-order valence-electron chi connectivity index (χ4n) is 3.82. The summed E-state index contributed by atoms with van der Waals surface area (Å²) in [6.45, 7) is 0.687. The molecular formula is C23H27N5OS. The molecule has 1 aliphatic carbocycles. The van der Waals surface area contributed by atoms with Gasteiger partial charge in [0.15, 0.2) is 5.82 Å². The third-order valence-corrected chi connectivity index (χ3v) is 6.39. The van der Waals surface area contributed by atoms with E-state index in [1.54, 1.807) is 0 Å². The highest BCUT2D eigenvalue weighted by molar-refractivity contribution is 7.99. The zero-order valence-corrected chi connectivity index (χ0v) is 17.8. The standard InChI is InChI=1S/C23H27N5OS/c24-28-21(15-19-11-6-10-18-9-4-5-12-20(18)19)26-27-23(28)30-16-22(29)25-14-13-17-7-2-1-3-8-17/h4-7,9-12H,1-3,8,13-16,24H2,(H,25,29). The Kier molecular flexibility index (Phi) is 6.69. The second-order valence-electron chi connectivity index (χ2n) is 7.58. The van der Waals surface area contributed by atoms with Crippen molar-refractivity contribution in [2.75, 3.05) is 18.1 Å². The Bertz CT molecular complexity index is 1050. The Morgan fingerprint density at radius 1 is 1.13 bits per heavy atom. The number of allylic oxidation sites excluding steroid dienone is 1. The molecule has 0 unspecified atom stereocenters. The van der Waals surface area contributed by atoms with Gasteiger partial charge in [-0.05, 0) is 48.4 Å². The van der Waals surface area contributed by atoms with Gasteiger partial charge in [0.25, 0.3) is 0 Å². The van der Waals surface area contributed by atoms with Gasteiger partial charge in [0, 0.05) is 13.0 Å². The van der Waals surface area contributed by atoms with Gasteiger partial charge in [-0.25, -0.2) is 4.68 Å². The quantitative estimate of drug-likeness (QED) is 0.328. The molecule has 3 N–H and O–H groups in total. The van der Waals surface area contributed by atoms with Crippen LogP contribution in [0.25, 0.3) is 10.8 Å². The van der Waals surface area contributed by atoms with Gasteiger partial charge in [-0.2, -0.15) is 0 Å². The molecule has 1 heterocycles. The predicted octanol–water partition coefficient (Wildman–Crippen LogP) is 3.83. The van der Waals surface area contributed by atoms with Gasteiger partial charge in [-0.1, -0.05) is 65.9 Å². The second kappa shape index (κ2) is 9.80. The van der Waals surface area contributed by atoms with Crippen molar-refractivity contribution in [2.24, 2.45) is 0 Å². The Morgan fingerprint density at radius 3 is 2.87 bits per heavy atom. The highest BCUT2D eigenvalue weighted by Gasteiger charge is 2.14. The lowest BCUT2D eigenvalue weighted by atomic mass is 9.97. The third kappa shape index (κ3) is 5.02. The number of rotatable bonds is 8. The zero-order chi connectivity index (χ0) is 20.8. The Balaban J connectivity index is 1.31. The molecule has 1 amide bonds. The van der Waals surface area contributed by atoms with Gasteiger partial charge >= 0.3 is 0 Å². The van der Waals surface area contributed by atoms with Crippen LogP contribution in [0, 0.1) is 0 Å². The van der Waals surface area contributed by atoms with Gasteiger partial charge in [-0.15, -0.1) is 10.2 Å². The number of benzene rings is 2. The molecule has 1 aliphatic rings. The first-order valence-corrected chi connectivity index (χ1v) is 11.4. The summed E-state index contributed by atoms with van der Waals surface area (Å²) in [7, 11) is 0. The molecule has 0 saturated carbocycles. The molecule has 156 valence electrons. The molecule has 0 saturated heterocycles. The fraction of sp³-hybridized carbons (Fsp3) is 0.348. The minimum atomic E-state index is -0.00462. The molecule has 3 aromatic rings. The van der Waals surface area contributed by atoms with Crippen molar-refractivity contribution < 1.29 is 4.79 Å². The van der Waals surface area contributed by atoms with Crippen molar-refractivity contribution in [3.8, 4) is 0 Å². The van der Waals surface area contributed by atoms with Crippen LogP contribution < -0.4 is 11.2 Å². The number of carbonyl (C=O) groups is 1. The molecule has 0 radical (unpaired) electrons. The van der Waals surface area contributed by atoms with E-state index in [9.17, 15) is 4.79 Å². The molecule has 0 atom stereocenters. The lowest BCUT2D eigenvalue weighted by Crippen LogP contribution is -2.27. The van der Waals surface area contributed by atoms with Crippen molar-refractivity contribution >= 4 is 28.4 Å². The van der Waals surface area contributed by atoms with Crippen LogP contribution in [0.3, 0.4) is 0 Å². The highest BCUT2D eigenvalue weighted by atomic mass is 32.2. The monoisotopic (exact) mass is 421 g/mol. The molecule has 7 heteroatoms. The van der Waals surface area contributed by atoms with E-state index in [2.05, 4.69) is 45.9 Å². The van der Waals surface area contributed by atoms with E-state index in [0.29, 0.717) is 23.9 Å². The molecule has 30 heavy (non-hydrogen) atoms. The number of nitrogen functional groups attached to an aromatic ring is 1. The molecule has 0 fully saturated rings. The van der Waals surface area contributed by atoms with Gasteiger partial charge in [0.05, 0.1) is 5.75 Å². The van der Waals surface area contributed by atoms with E-state index >= 15 is 0 Å². The molecule has 2 aromatic carbocycles. The number of fused-ring (bicyclic) bond motifs is 1. The summed E-state index contributed by atoms with van der Waals surface area (Å²) in [5.41, 5.74) is 2.62. The SMILES string of the molecule is Nn1c(Cc2cccc3ccccc23)nnc1SCC(=O)NCCC1=CCCCC1. The fourth-order valence-corrected chi connectivity index (χ4v) is 4.52. The molecule has 0 bridgehead atoms. The zero-order valence-electron chi connectivity index (χ0n) is 17.0. The minimum Gasteiger partial charge on any atom is -0.355 e. The lowest BCUT2D eigenvalue weighted by molar-refractivity contribution is -0.118. The first kappa shape index (κ1) is 20.5. The van der Waals surface area contributed by atoms with Crippen LogP contribution in [0.4, 0.5) is 0 Å². The largest absolute Gasteiger partial charge is 0.355 e. The third-order valence-electron chi connectivity index (χ3n) is 5.45. The second-order valence-corrected chi connectivity index (χ2v) is 8.52. The highest BCUT2D eigenvalue weighted by Crippen LogP contribution is 2.22. The van der Waals surface area contributed by atoms with E-state index in [-0.39, 0.29) is 11.7 Å². The van der Waals surface area contributed by atoms with Crippen molar-refractivity contribution in [3.05, 3.63) is 65.5 Å². The van der Waals surface area contributed by atoms with Crippen molar-refractivity contribution in [1.29, 1.82) is 0 Å². The van der Waals surface area contributed by atoms with Crippen LogP contribution in [-0.2, 0) is 11.2 Å². The average molecular weight is 422 g/mol. The molecule has 6 nitrogen and oxygen atoms in total. The molecule has 1 aromatic heterocycles. The van der Waals surface area contributed by atoms with Crippen LogP contribution in [0.15, 0.2) is 59.3 Å². The van der Waals surface area contributed by atoms with E-state index < -0.39 is 0 Å². The summed E-state index contributed by atoms with van der Waals surface area (Å²) in [4.78, 5) is 12.2. The van der Waals surface area contributed by atoms with E-state index in [1.807, 2.05) is 18.2 Å². The summed E-state index contributed by atoms with van der Waals surface area (Å²) in [6, 6.07) is 14.5. The van der Waals surface area contributed by atoms with Crippen molar-refractivity contribution in [1.82, 2.24) is 20.2 Å². The molecule has 4 rings (SSSR count). The van der Waals surface area contributed by atoms with Crippen molar-refractivity contribution in [3.63, 3.8) is 0 Å². The summed E-state index contributed by atoms with van der Waals surface area (Å²) in [5, 5.41) is 14.3. The maximum atomic E-state index is 12.2. The number of amides is 1. The van der Waals surface area contributed by atoms with Crippen LogP contribution >= 0.6 is 11.8 Å². The van der Waals surface area contributed by atoms with Gasteiger partial charge in [0.2, 0.25) is 11.1 Å². The number of hydrogen-bond donors (Lipinski definition) is 2. The number of aromatic nitrogens is 3. The average Bonchev–Trinajstić information content (AvgIpc) is 3.12. The number of carbonyl (C=O) groups excluding carboxylic acids is 1. The smallest absolute Gasteiger partial charge is 0.230 e. The molecule has 0 spiro atoms. The summed E-state index contributed by atoms with van der Waals surface area (Å²) >= 11 is 1.31. The van der Waals surface area contributed by atoms with E-state index in [1.165, 1.54) is 58.5 Å². The van der Waals surface area contributed by atoms with Crippen LogP contribution in [0.1, 0.15) is 43.5 Å². The summed E-state index contributed by atoms with van der Waals surface area (Å²) < 4.78 is 1.49. The predicted molar refractivity (Wildman–Crippen MR) is 122 cm³/mol. The summed E-state index contributed by atoms with van der Waals surface area (Å²) in [6.07, 6.45) is 8.74. The van der Waals surface area contributed by atoms with Crippen LogP contribution in [0.2, 0.25) is 0 Å². The van der Waals surface area contributed by atoms with Gasteiger partial charge in [0.1, 0.15) is 0 Å². The Morgan fingerprint density at radius 2 is 2.00 bits per heavy atom. The lowest BCUT2D eigenvalue weighted by Gasteiger charge is -2.12. The number of thioether (sulfide) groups is 1. The number of hydrogen-bond acceptors (Lipinski definition) is 5. The minimum absolute atomic E-state index is 0.00462. The summed E-state index contributed by atoms with van der Waals surface area (Å²) in [5.74, 6) is 7.17. The van der Waals surface area contributed by atoms with Crippen molar-refractivity contribution in [2.45, 2.75) is 43.7 Å². The van der Waals surface area contributed by atoms with Crippen LogP contribution in [0.5, 0.6) is 0 Å². The van der Waals surface area contributed by atoms with E-state index in [4.69, 9.17) is 5.84 Å². The first-order valence-electron chi connectivity index (χ1n) is 10.4. The maximum Gasteiger partial charge on any atom is 0.230 e. The Hall–Kier alpha value is -2.80. The maximum absolute atomic E-state index is 12.2.